The third-order valence-corrected chi connectivity index (χ3v) is 5.51. The maximum Gasteiger partial charge on any atom is 0.394 e. The van der Waals surface area contributed by atoms with Crippen LogP contribution in [0.3, 0.4) is 0 Å². The highest BCUT2D eigenvalue weighted by molar-refractivity contribution is 7.79. The molecule has 2 N–H and O–H groups in total. The average molecular weight is 438 g/mol. The highest BCUT2D eigenvalue weighted by Crippen LogP contribution is 2.17. The summed E-state index contributed by atoms with van der Waals surface area (Å²) >= 11 is 0. The number of hydrogen-bond donors (Lipinski definition) is 2. The molecule has 1 atom stereocenters. The molecule has 0 radical (unpaired) electrons. The fourth-order valence-electron chi connectivity index (χ4n) is 3.69. The summed E-state index contributed by atoms with van der Waals surface area (Å²) in [6.07, 6.45) is 25.9. The Kier molecular flexibility index (Phi) is 24.1. The Labute approximate surface area is 182 Å². The molecule has 0 saturated carbocycles. The first-order valence-electron chi connectivity index (χ1n) is 12.1. The smallest absolute Gasteiger partial charge is 0.306 e. The number of hydrogen-bond acceptors (Lipinski definition) is 3. The molecule has 0 rings (SSSR count). The Morgan fingerprint density at radius 1 is 0.586 bits per heavy atom. The summed E-state index contributed by atoms with van der Waals surface area (Å²) in [7, 11) is -0.115. The lowest BCUT2D eigenvalue weighted by Crippen LogP contribution is -2.27. The van der Waals surface area contributed by atoms with E-state index in [1.807, 2.05) is 0 Å². The summed E-state index contributed by atoms with van der Waals surface area (Å²) in [6, 6.07) is 0.824. The van der Waals surface area contributed by atoms with Gasteiger partial charge in [-0.25, -0.2) is 0 Å². The van der Waals surface area contributed by atoms with Crippen molar-refractivity contribution in [1.82, 2.24) is 4.90 Å². The van der Waals surface area contributed by atoms with Gasteiger partial charge in [-0.15, -0.1) is 0 Å². The van der Waals surface area contributed by atoms with Crippen molar-refractivity contribution in [1.29, 1.82) is 0 Å². The molecule has 0 amide bonds. The van der Waals surface area contributed by atoms with E-state index in [0.29, 0.717) is 0 Å². The third-order valence-electron chi connectivity index (χ3n) is 5.51. The summed E-state index contributed by atoms with van der Waals surface area (Å²) in [5.41, 5.74) is 0. The van der Waals surface area contributed by atoms with Crippen molar-refractivity contribution >= 4 is 10.4 Å². The second-order valence-corrected chi connectivity index (χ2v) is 9.49. The molecule has 0 fully saturated rings. The summed E-state index contributed by atoms with van der Waals surface area (Å²) < 4.78 is 31.6. The van der Waals surface area contributed by atoms with E-state index in [0.717, 1.165) is 6.04 Å². The van der Waals surface area contributed by atoms with Crippen LogP contribution < -0.4 is 0 Å². The summed E-state index contributed by atoms with van der Waals surface area (Å²) in [5, 5.41) is 0. The second kappa shape index (κ2) is 22.5. The van der Waals surface area contributed by atoms with E-state index in [1.54, 1.807) is 0 Å². The standard InChI is InChI=1S/C23H49N.H2O4S/c1-5-7-9-11-13-14-15-16-18-20-22-23(24(3)4)21-19-17-12-10-8-6-2;1-5(2,3)4/h23H,5-22H2,1-4H3;(H2,1,2,3,4). The molecule has 5 nitrogen and oxygen atoms in total. The Morgan fingerprint density at radius 2 is 0.828 bits per heavy atom. The average Bonchev–Trinajstić information content (AvgIpc) is 2.62. The SMILES string of the molecule is CCCCCCCCCCCCC(CCCCCCCC)N(C)C.O=S(=O)(O)O. The van der Waals surface area contributed by atoms with Gasteiger partial charge in [-0.2, -0.15) is 8.42 Å². The summed E-state index contributed by atoms with van der Waals surface area (Å²) in [5.74, 6) is 0. The predicted octanol–water partition coefficient (Wildman–Crippen LogP) is 7.33. The first kappa shape index (κ1) is 31.0. The maximum atomic E-state index is 8.74. The molecule has 178 valence electrons. The normalized spacial score (nSPS) is 12.7. The zero-order valence-electron chi connectivity index (χ0n) is 19.9. The second-order valence-electron chi connectivity index (χ2n) is 8.59. The van der Waals surface area contributed by atoms with Gasteiger partial charge >= 0.3 is 10.4 Å². The molecule has 0 aliphatic carbocycles. The first-order chi connectivity index (χ1) is 13.7. The van der Waals surface area contributed by atoms with Crippen LogP contribution in [0.5, 0.6) is 0 Å². The van der Waals surface area contributed by atoms with Gasteiger partial charge in [0.15, 0.2) is 0 Å². The molecule has 6 heteroatoms. The van der Waals surface area contributed by atoms with Gasteiger partial charge in [0.25, 0.3) is 0 Å². The molecule has 0 bridgehead atoms. The van der Waals surface area contributed by atoms with Crippen LogP contribution in [0.4, 0.5) is 0 Å². The van der Waals surface area contributed by atoms with E-state index >= 15 is 0 Å². The van der Waals surface area contributed by atoms with E-state index in [4.69, 9.17) is 17.5 Å². The molecule has 29 heavy (non-hydrogen) atoms. The van der Waals surface area contributed by atoms with E-state index in [1.165, 1.54) is 116 Å². The van der Waals surface area contributed by atoms with Gasteiger partial charge in [0.05, 0.1) is 0 Å². The quantitative estimate of drug-likeness (QED) is 0.163. The fourth-order valence-corrected chi connectivity index (χ4v) is 3.69. The van der Waals surface area contributed by atoms with Gasteiger partial charge in [0.2, 0.25) is 0 Å². The van der Waals surface area contributed by atoms with E-state index in [-0.39, 0.29) is 0 Å². The first-order valence-corrected chi connectivity index (χ1v) is 13.5. The Morgan fingerprint density at radius 3 is 1.07 bits per heavy atom. The van der Waals surface area contributed by atoms with Gasteiger partial charge < -0.3 is 4.90 Å². The number of unbranched alkanes of at least 4 members (excludes halogenated alkanes) is 14. The van der Waals surface area contributed by atoms with E-state index < -0.39 is 10.4 Å². The van der Waals surface area contributed by atoms with Crippen LogP contribution in [0, 0.1) is 0 Å². The largest absolute Gasteiger partial charge is 0.394 e. The molecule has 0 aromatic heterocycles. The van der Waals surface area contributed by atoms with Gasteiger partial charge in [0, 0.05) is 6.04 Å². The van der Waals surface area contributed by atoms with Crippen LogP contribution in [0.15, 0.2) is 0 Å². The van der Waals surface area contributed by atoms with Gasteiger partial charge in [-0.05, 0) is 26.9 Å². The highest BCUT2D eigenvalue weighted by Gasteiger charge is 2.10. The minimum Gasteiger partial charge on any atom is -0.306 e. The van der Waals surface area contributed by atoms with Gasteiger partial charge in [-0.3, -0.25) is 9.11 Å². The lowest BCUT2D eigenvalue weighted by molar-refractivity contribution is 0.251. The van der Waals surface area contributed by atoms with Crippen molar-refractivity contribution < 1.29 is 17.5 Å². The van der Waals surface area contributed by atoms with Crippen molar-refractivity contribution in [2.45, 2.75) is 135 Å². The Balaban J connectivity index is 0. The van der Waals surface area contributed by atoms with Crippen LogP contribution >= 0.6 is 0 Å². The molecular weight excluding hydrogens is 386 g/mol. The number of rotatable bonds is 19. The predicted molar refractivity (Wildman–Crippen MR) is 126 cm³/mol. The van der Waals surface area contributed by atoms with Crippen LogP contribution in [0.25, 0.3) is 0 Å². The Bertz CT molecular complexity index is 405. The molecule has 0 spiro atoms. The minimum atomic E-state index is -4.67. The lowest BCUT2D eigenvalue weighted by atomic mass is 9.99. The molecule has 1 unspecified atom stereocenters. The van der Waals surface area contributed by atoms with Crippen molar-refractivity contribution in [3.05, 3.63) is 0 Å². The topological polar surface area (TPSA) is 77.8 Å². The number of nitrogens with zero attached hydrogens (tertiary/aromatic N) is 1. The van der Waals surface area contributed by atoms with Gasteiger partial charge in [0.1, 0.15) is 0 Å². The third kappa shape index (κ3) is 32.7. The van der Waals surface area contributed by atoms with E-state index in [9.17, 15) is 0 Å². The monoisotopic (exact) mass is 437 g/mol. The fraction of sp³-hybridized carbons (Fsp3) is 1.00. The highest BCUT2D eigenvalue weighted by atomic mass is 32.3. The maximum absolute atomic E-state index is 8.74. The summed E-state index contributed by atoms with van der Waals surface area (Å²) in [6.45, 7) is 4.60. The van der Waals surface area contributed by atoms with Crippen LogP contribution in [0.1, 0.15) is 129 Å². The van der Waals surface area contributed by atoms with E-state index in [2.05, 4.69) is 32.8 Å². The summed E-state index contributed by atoms with van der Waals surface area (Å²) in [4.78, 5) is 2.47. The lowest BCUT2D eigenvalue weighted by Gasteiger charge is -2.24. The zero-order valence-corrected chi connectivity index (χ0v) is 20.7. The van der Waals surface area contributed by atoms with Crippen molar-refractivity contribution in [2.24, 2.45) is 0 Å². The van der Waals surface area contributed by atoms with Crippen LogP contribution in [0.2, 0.25) is 0 Å². The van der Waals surface area contributed by atoms with Gasteiger partial charge in [-0.1, -0.05) is 117 Å². The van der Waals surface area contributed by atoms with Crippen LogP contribution in [-0.2, 0) is 10.4 Å². The zero-order chi connectivity index (χ0) is 22.4. The molecular formula is C23H51NO4S. The molecule has 0 heterocycles. The molecule has 0 aromatic rings. The minimum absolute atomic E-state index is 0.824. The Hall–Kier alpha value is -0.170. The molecule has 0 saturated heterocycles. The van der Waals surface area contributed by atoms with Crippen LogP contribution in [-0.4, -0.2) is 42.6 Å². The molecule has 0 aromatic carbocycles. The molecule has 0 aliphatic rings. The van der Waals surface area contributed by atoms with Crippen molar-refractivity contribution in [2.75, 3.05) is 14.1 Å². The van der Waals surface area contributed by atoms with Crippen molar-refractivity contribution in [3.63, 3.8) is 0 Å². The van der Waals surface area contributed by atoms with Crippen molar-refractivity contribution in [3.8, 4) is 0 Å². The molecule has 0 aliphatic heterocycles.